The fourth-order valence-corrected chi connectivity index (χ4v) is 2.33. The molecule has 2 rings (SSSR count). The van der Waals surface area contributed by atoms with E-state index in [1.165, 1.54) is 4.88 Å². The van der Waals surface area contributed by atoms with Crippen molar-refractivity contribution in [1.82, 2.24) is 0 Å². The van der Waals surface area contributed by atoms with Gasteiger partial charge in [0.25, 0.3) is 0 Å². The SMILES string of the molecule is ClCc1ccc(OCc2cccs2)c(Cl)c1. The molecular formula is C12H10Cl2OS. The Bertz CT molecular complexity index is 454. The quantitative estimate of drug-likeness (QED) is 0.732. The molecule has 0 bridgehead atoms. The van der Waals surface area contributed by atoms with Crippen LogP contribution in [-0.2, 0) is 12.5 Å². The summed E-state index contributed by atoms with van der Waals surface area (Å²) in [6.45, 7) is 0.553. The van der Waals surface area contributed by atoms with Crippen molar-refractivity contribution in [2.75, 3.05) is 0 Å². The minimum Gasteiger partial charge on any atom is -0.487 e. The molecule has 4 heteroatoms. The first kappa shape index (κ1) is 11.8. The molecule has 16 heavy (non-hydrogen) atoms. The maximum atomic E-state index is 6.07. The fraction of sp³-hybridized carbons (Fsp3) is 0.167. The lowest BCUT2D eigenvalue weighted by atomic mass is 10.2. The van der Waals surface area contributed by atoms with Crippen LogP contribution in [0.3, 0.4) is 0 Å². The van der Waals surface area contributed by atoms with Gasteiger partial charge in [0.2, 0.25) is 0 Å². The maximum absolute atomic E-state index is 6.07. The van der Waals surface area contributed by atoms with Crippen molar-refractivity contribution in [2.24, 2.45) is 0 Å². The average Bonchev–Trinajstić information content (AvgIpc) is 2.80. The van der Waals surface area contributed by atoms with E-state index in [9.17, 15) is 0 Å². The van der Waals surface area contributed by atoms with Gasteiger partial charge in [0.15, 0.2) is 0 Å². The van der Waals surface area contributed by atoms with Crippen molar-refractivity contribution in [3.8, 4) is 5.75 Å². The molecule has 1 aromatic carbocycles. The van der Waals surface area contributed by atoms with Crippen molar-refractivity contribution in [2.45, 2.75) is 12.5 Å². The molecule has 0 aliphatic heterocycles. The number of alkyl halides is 1. The molecule has 0 spiro atoms. The number of ether oxygens (including phenoxy) is 1. The van der Waals surface area contributed by atoms with Crippen molar-refractivity contribution in [1.29, 1.82) is 0 Å². The smallest absolute Gasteiger partial charge is 0.138 e. The van der Waals surface area contributed by atoms with Crippen LogP contribution in [0, 0.1) is 0 Å². The van der Waals surface area contributed by atoms with Gasteiger partial charge < -0.3 is 4.74 Å². The summed E-state index contributed by atoms with van der Waals surface area (Å²) in [5.41, 5.74) is 0.996. The van der Waals surface area contributed by atoms with Gasteiger partial charge in [-0.3, -0.25) is 0 Å². The number of rotatable bonds is 4. The zero-order valence-corrected chi connectivity index (χ0v) is 10.8. The van der Waals surface area contributed by atoms with Crippen LogP contribution in [-0.4, -0.2) is 0 Å². The Labute approximate surface area is 109 Å². The van der Waals surface area contributed by atoms with Crippen LogP contribution in [0.15, 0.2) is 35.7 Å². The van der Waals surface area contributed by atoms with Crippen molar-refractivity contribution < 1.29 is 4.74 Å². The molecule has 0 aliphatic carbocycles. The molecule has 0 amide bonds. The maximum Gasteiger partial charge on any atom is 0.138 e. The molecule has 0 fully saturated rings. The van der Waals surface area contributed by atoms with Gasteiger partial charge in [-0.25, -0.2) is 0 Å². The van der Waals surface area contributed by atoms with Crippen LogP contribution in [0.2, 0.25) is 5.02 Å². The lowest BCUT2D eigenvalue weighted by molar-refractivity contribution is 0.310. The van der Waals surface area contributed by atoms with E-state index < -0.39 is 0 Å². The van der Waals surface area contributed by atoms with Gasteiger partial charge in [-0.1, -0.05) is 23.7 Å². The van der Waals surface area contributed by atoms with Gasteiger partial charge in [-0.2, -0.15) is 0 Å². The third-order valence-corrected chi connectivity index (χ3v) is 3.55. The summed E-state index contributed by atoms with van der Waals surface area (Å²) in [5, 5.41) is 2.63. The monoisotopic (exact) mass is 272 g/mol. The lowest BCUT2D eigenvalue weighted by Gasteiger charge is -2.07. The largest absolute Gasteiger partial charge is 0.487 e. The highest BCUT2D eigenvalue weighted by Crippen LogP contribution is 2.27. The molecule has 2 aromatic rings. The molecule has 0 atom stereocenters. The molecule has 0 saturated heterocycles. The molecular weight excluding hydrogens is 263 g/mol. The third-order valence-electron chi connectivity index (χ3n) is 2.10. The number of thiophene rings is 1. The van der Waals surface area contributed by atoms with Crippen molar-refractivity contribution >= 4 is 34.5 Å². The molecule has 1 nitrogen and oxygen atoms in total. The van der Waals surface area contributed by atoms with E-state index in [0.717, 1.165) is 5.56 Å². The standard InChI is InChI=1S/C12H10Cl2OS/c13-7-9-3-4-12(11(14)6-9)15-8-10-2-1-5-16-10/h1-6H,7-8H2. The van der Waals surface area contributed by atoms with Crippen molar-refractivity contribution in [3.05, 3.63) is 51.2 Å². The summed E-state index contributed by atoms with van der Waals surface area (Å²) in [6.07, 6.45) is 0. The average molecular weight is 273 g/mol. The molecule has 1 heterocycles. The minimum absolute atomic E-state index is 0.463. The van der Waals surface area contributed by atoms with Crippen LogP contribution in [0.1, 0.15) is 10.4 Å². The second-order valence-electron chi connectivity index (χ2n) is 3.27. The Balaban J connectivity index is 2.04. The van der Waals surface area contributed by atoms with Gasteiger partial charge >= 0.3 is 0 Å². The molecule has 0 N–H and O–H groups in total. The first-order valence-electron chi connectivity index (χ1n) is 4.79. The van der Waals surface area contributed by atoms with Gasteiger partial charge in [-0.15, -0.1) is 22.9 Å². The molecule has 0 aliphatic rings. The molecule has 0 unspecified atom stereocenters. The van der Waals surface area contributed by atoms with Gasteiger partial charge in [0.1, 0.15) is 12.4 Å². The second kappa shape index (κ2) is 5.58. The van der Waals surface area contributed by atoms with E-state index >= 15 is 0 Å². The van der Waals surface area contributed by atoms with E-state index in [-0.39, 0.29) is 0 Å². The Hall–Kier alpha value is -0.700. The number of benzene rings is 1. The fourth-order valence-electron chi connectivity index (χ4n) is 1.29. The van der Waals surface area contributed by atoms with Gasteiger partial charge in [-0.05, 0) is 29.1 Å². The lowest BCUT2D eigenvalue weighted by Crippen LogP contribution is -1.93. The van der Waals surface area contributed by atoms with E-state index in [2.05, 4.69) is 0 Å². The van der Waals surface area contributed by atoms with E-state index in [4.69, 9.17) is 27.9 Å². The zero-order chi connectivity index (χ0) is 11.4. The summed E-state index contributed by atoms with van der Waals surface area (Å²) >= 11 is 13.4. The van der Waals surface area contributed by atoms with Crippen LogP contribution < -0.4 is 4.74 Å². The molecule has 1 aromatic heterocycles. The van der Waals surface area contributed by atoms with E-state index in [0.29, 0.717) is 23.3 Å². The molecule has 0 radical (unpaired) electrons. The molecule has 0 saturated carbocycles. The Morgan fingerprint density at radius 2 is 2.12 bits per heavy atom. The van der Waals surface area contributed by atoms with Crippen LogP contribution >= 0.6 is 34.5 Å². The Morgan fingerprint density at radius 3 is 2.75 bits per heavy atom. The van der Waals surface area contributed by atoms with Gasteiger partial charge in [0, 0.05) is 10.8 Å². The van der Waals surface area contributed by atoms with Gasteiger partial charge in [0.05, 0.1) is 5.02 Å². The summed E-state index contributed by atoms with van der Waals surface area (Å²) in [6, 6.07) is 9.64. The summed E-state index contributed by atoms with van der Waals surface area (Å²) < 4.78 is 5.62. The van der Waals surface area contributed by atoms with Crippen molar-refractivity contribution in [3.63, 3.8) is 0 Å². The highest BCUT2D eigenvalue weighted by molar-refractivity contribution is 7.09. The highest BCUT2D eigenvalue weighted by Gasteiger charge is 2.03. The predicted octanol–water partition coefficient (Wildman–Crippen LogP) is 4.72. The first-order chi connectivity index (χ1) is 7.79. The van der Waals surface area contributed by atoms with Crippen LogP contribution in [0.5, 0.6) is 5.75 Å². The second-order valence-corrected chi connectivity index (χ2v) is 4.97. The summed E-state index contributed by atoms with van der Waals surface area (Å²) in [7, 11) is 0. The summed E-state index contributed by atoms with van der Waals surface area (Å²) in [4.78, 5) is 1.18. The normalized spacial score (nSPS) is 10.4. The Morgan fingerprint density at radius 1 is 1.25 bits per heavy atom. The Kier molecular flexibility index (Phi) is 4.10. The minimum atomic E-state index is 0.463. The van der Waals surface area contributed by atoms with E-state index in [1.807, 2.05) is 35.7 Å². The zero-order valence-electron chi connectivity index (χ0n) is 8.45. The summed E-state index contributed by atoms with van der Waals surface area (Å²) in [5.74, 6) is 1.16. The number of hydrogen-bond donors (Lipinski definition) is 0. The van der Waals surface area contributed by atoms with Crippen LogP contribution in [0.25, 0.3) is 0 Å². The number of halogens is 2. The first-order valence-corrected chi connectivity index (χ1v) is 6.58. The van der Waals surface area contributed by atoms with E-state index in [1.54, 1.807) is 11.3 Å². The third kappa shape index (κ3) is 2.91. The molecule has 84 valence electrons. The number of hydrogen-bond acceptors (Lipinski definition) is 2. The highest BCUT2D eigenvalue weighted by atomic mass is 35.5. The van der Waals surface area contributed by atoms with Crippen LogP contribution in [0.4, 0.5) is 0 Å². The predicted molar refractivity (Wildman–Crippen MR) is 69.7 cm³/mol. The topological polar surface area (TPSA) is 9.23 Å².